The van der Waals surface area contributed by atoms with Gasteiger partial charge in [0.15, 0.2) is 0 Å². The van der Waals surface area contributed by atoms with E-state index >= 15 is 0 Å². The Balaban J connectivity index is 1.99. The SMILES string of the molecule is CC(NC(=O)C(N)Cc1cnc[nH]1)C(=O)NC(CC(=O)O)C(=O)NC(Cc1ccccc1)C(=O)O. The fourth-order valence-electron chi connectivity index (χ4n) is 3.11. The molecule has 35 heavy (non-hydrogen) atoms. The molecule has 0 fully saturated rings. The molecule has 0 saturated heterocycles. The van der Waals surface area contributed by atoms with Gasteiger partial charge in [0.1, 0.15) is 18.1 Å². The van der Waals surface area contributed by atoms with Crippen LogP contribution in [0.2, 0.25) is 0 Å². The number of imidazole rings is 1. The molecule has 188 valence electrons. The number of aromatic nitrogens is 2. The van der Waals surface area contributed by atoms with Crippen LogP contribution in [0.5, 0.6) is 0 Å². The Hall–Kier alpha value is -4.26. The molecule has 3 amide bonds. The lowest BCUT2D eigenvalue weighted by molar-refractivity contribution is -0.143. The van der Waals surface area contributed by atoms with E-state index in [4.69, 9.17) is 10.8 Å². The van der Waals surface area contributed by atoms with Gasteiger partial charge in [-0.3, -0.25) is 19.2 Å². The summed E-state index contributed by atoms with van der Waals surface area (Å²) in [4.78, 5) is 67.0. The van der Waals surface area contributed by atoms with Gasteiger partial charge in [-0.1, -0.05) is 30.3 Å². The number of hydrogen-bond acceptors (Lipinski definition) is 7. The zero-order valence-corrected chi connectivity index (χ0v) is 18.9. The average molecular weight is 489 g/mol. The van der Waals surface area contributed by atoms with Gasteiger partial charge in [0.25, 0.3) is 0 Å². The molecule has 0 aliphatic carbocycles. The summed E-state index contributed by atoms with van der Waals surface area (Å²) < 4.78 is 0. The number of nitrogens with zero attached hydrogens (tertiary/aromatic N) is 1. The third kappa shape index (κ3) is 8.89. The molecular weight excluding hydrogens is 460 g/mol. The number of carboxylic acids is 2. The van der Waals surface area contributed by atoms with Gasteiger partial charge >= 0.3 is 11.9 Å². The quantitative estimate of drug-likeness (QED) is 0.175. The highest BCUT2D eigenvalue weighted by atomic mass is 16.4. The average Bonchev–Trinajstić information content (AvgIpc) is 3.31. The van der Waals surface area contributed by atoms with Crippen LogP contribution in [0.1, 0.15) is 24.6 Å². The molecule has 0 aliphatic heterocycles. The Morgan fingerprint density at radius 3 is 2.17 bits per heavy atom. The minimum absolute atomic E-state index is 0.0453. The van der Waals surface area contributed by atoms with Crippen molar-refractivity contribution in [3.63, 3.8) is 0 Å². The van der Waals surface area contributed by atoms with Gasteiger partial charge in [-0.25, -0.2) is 9.78 Å². The Kier molecular flexibility index (Phi) is 9.90. The molecule has 13 heteroatoms. The van der Waals surface area contributed by atoms with Crippen molar-refractivity contribution in [3.05, 3.63) is 54.1 Å². The first-order valence-corrected chi connectivity index (χ1v) is 10.7. The van der Waals surface area contributed by atoms with Crippen molar-refractivity contribution >= 4 is 29.7 Å². The van der Waals surface area contributed by atoms with E-state index in [1.165, 1.54) is 19.4 Å². The molecule has 0 radical (unpaired) electrons. The molecule has 0 bridgehead atoms. The summed E-state index contributed by atoms with van der Waals surface area (Å²) >= 11 is 0. The van der Waals surface area contributed by atoms with Crippen LogP contribution in [0, 0.1) is 0 Å². The molecule has 0 saturated carbocycles. The monoisotopic (exact) mass is 488 g/mol. The summed E-state index contributed by atoms with van der Waals surface area (Å²) in [6.07, 6.45) is 2.23. The molecule has 2 rings (SSSR count). The maximum Gasteiger partial charge on any atom is 0.326 e. The topological polar surface area (TPSA) is 217 Å². The molecular formula is C22H28N6O7. The first-order chi connectivity index (χ1) is 16.6. The molecule has 0 aliphatic rings. The van der Waals surface area contributed by atoms with E-state index in [9.17, 15) is 29.1 Å². The number of nitrogens with one attached hydrogen (secondary N) is 4. The maximum atomic E-state index is 12.7. The molecule has 8 N–H and O–H groups in total. The van der Waals surface area contributed by atoms with Crippen LogP contribution in [0.4, 0.5) is 0 Å². The number of H-pyrrole nitrogens is 1. The number of aromatic amines is 1. The Labute approximate surface area is 200 Å². The third-order valence-electron chi connectivity index (χ3n) is 4.99. The van der Waals surface area contributed by atoms with Crippen molar-refractivity contribution in [2.24, 2.45) is 5.73 Å². The van der Waals surface area contributed by atoms with Gasteiger partial charge in [-0.15, -0.1) is 0 Å². The number of carboxylic acid groups (broad SMARTS) is 2. The number of carbonyl (C=O) groups is 5. The van der Waals surface area contributed by atoms with Crippen molar-refractivity contribution in [3.8, 4) is 0 Å². The lowest BCUT2D eigenvalue weighted by Crippen LogP contribution is -2.57. The van der Waals surface area contributed by atoms with E-state index in [0.717, 1.165) is 0 Å². The predicted molar refractivity (Wildman–Crippen MR) is 122 cm³/mol. The molecule has 1 aromatic carbocycles. The summed E-state index contributed by atoms with van der Waals surface area (Å²) in [5.41, 5.74) is 7.09. The van der Waals surface area contributed by atoms with Crippen molar-refractivity contribution in [1.82, 2.24) is 25.9 Å². The second kappa shape index (κ2) is 12.8. The highest BCUT2D eigenvalue weighted by Gasteiger charge is 2.30. The fraction of sp³-hybridized carbons (Fsp3) is 0.364. The lowest BCUT2D eigenvalue weighted by Gasteiger charge is -2.23. The molecule has 1 aromatic heterocycles. The van der Waals surface area contributed by atoms with E-state index in [1.54, 1.807) is 30.3 Å². The molecule has 2 aromatic rings. The van der Waals surface area contributed by atoms with E-state index < -0.39 is 60.2 Å². The number of amides is 3. The molecule has 13 nitrogen and oxygen atoms in total. The van der Waals surface area contributed by atoms with E-state index in [0.29, 0.717) is 11.3 Å². The Morgan fingerprint density at radius 1 is 0.943 bits per heavy atom. The largest absolute Gasteiger partial charge is 0.481 e. The van der Waals surface area contributed by atoms with E-state index in [2.05, 4.69) is 25.9 Å². The van der Waals surface area contributed by atoms with Crippen molar-refractivity contribution in [2.75, 3.05) is 0 Å². The highest BCUT2D eigenvalue weighted by molar-refractivity contribution is 5.95. The van der Waals surface area contributed by atoms with Crippen molar-refractivity contribution in [2.45, 2.75) is 50.4 Å². The summed E-state index contributed by atoms with van der Waals surface area (Å²) in [5, 5.41) is 25.6. The molecule has 1 heterocycles. The highest BCUT2D eigenvalue weighted by Crippen LogP contribution is 2.05. The summed E-state index contributed by atoms with van der Waals surface area (Å²) in [5.74, 6) is -5.19. The van der Waals surface area contributed by atoms with Crippen LogP contribution in [0.3, 0.4) is 0 Å². The van der Waals surface area contributed by atoms with Crippen molar-refractivity contribution in [1.29, 1.82) is 0 Å². The smallest absolute Gasteiger partial charge is 0.326 e. The molecule has 4 atom stereocenters. The number of nitrogens with two attached hydrogens (primary N) is 1. The summed E-state index contributed by atoms with van der Waals surface area (Å²) in [6.45, 7) is 1.33. The zero-order valence-electron chi connectivity index (χ0n) is 18.9. The number of benzene rings is 1. The Bertz CT molecular complexity index is 1030. The number of aliphatic carboxylic acids is 2. The first-order valence-electron chi connectivity index (χ1n) is 10.7. The van der Waals surface area contributed by atoms with Crippen LogP contribution >= 0.6 is 0 Å². The number of rotatable bonds is 13. The van der Waals surface area contributed by atoms with Gasteiger partial charge in [0.05, 0.1) is 18.8 Å². The summed E-state index contributed by atoms with van der Waals surface area (Å²) in [7, 11) is 0. The normalized spacial score (nSPS) is 14.1. The molecule has 4 unspecified atom stereocenters. The van der Waals surface area contributed by atoms with Crippen LogP contribution in [-0.2, 0) is 36.8 Å². The van der Waals surface area contributed by atoms with E-state index in [-0.39, 0.29) is 12.8 Å². The number of carbonyl (C=O) groups excluding carboxylic acids is 3. The predicted octanol–water partition coefficient (Wildman–Crippen LogP) is -1.44. The lowest BCUT2D eigenvalue weighted by atomic mass is 10.0. The van der Waals surface area contributed by atoms with Gasteiger partial charge < -0.3 is 36.9 Å². The van der Waals surface area contributed by atoms with Crippen LogP contribution < -0.4 is 21.7 Å². The maximum absolute atomic E-state index is 12.7. The van der Waals surface area contributed by atoms with Crippen LogP contribution in [0.25, 0.3) is 0 Å². The van der Waals surface area contributed by atoms with Gasteiger partial charge in [-0.05, 0) is 12.5 Å². The molecule has 0 spiro atoms. The third-order valence-corrected chi connectivity index (χ3v) is 4.99. The van der Waals surface area contributed by atoms with Gasteiger partial charge in [0.2, 0.25) is 17.7 Å². The zero-order chi connectivity index (χ0) is 26.0. The second-order valence-electron chi connectivity index (χ2n) is 7.87. The summed E-state index contributed by atoms with van der Waals surface area (Å²) in [6, 6.07) is 3.46. The van der Waals surface area contributed by atoms with E-state index in [1.807, 2.05) is 0 Å². The number of hydrogen-bond donors (Lipinski definition) is 7. The van der Waals surface area contributed by atoms with Gasteiger partial charge in [-0.2, -0.15) is 0 Å². The van der Waals surface area contributed by atoms with Crippen LogP contribution in [0.15, 0.2) is 42.9 Å². The minimum Gasteiger partial charge on any atom is -0.481 e. The first kappa shape index (κ1) is 27.0. The fourth-order valence-corrected chi connectivity index (χ4v) is 3.11. The Morgan fingerprint density at radius 2 is 1.60 bits per heavy atom. The van der Waals surface area contributed by atoms with Gasteiger partial charge in [0, 0.05) is 24.7 Å². The van der Waals surface area contributed by atoms with Crippen molar-refractivity contribution < 1.29 is 34.2 Å². The minimum atomic E-state index is -1.57. The standard InChI is InChI=1S/C22H28N6O7/c1-12(26-20(32)15(23)8-14-10-24-11-25-14)19(31)27-16(9-18(29)30)21(33)28-17(22(34)35)7-13-5-3-2-4-6-13/h2-6,10-12,15-17H,7-9,23H2,1H3,(H,24,25)(H,26,32)(H,27,31)(H,28,33)(H,29,30)(H,34,35). The second-order valence-corrected chi connectivity index (χ2v) is 7.87. The van der Waals surface area contributed by atoms with Crippen LogP contribution in [-0.4, -0.2) is 74.0 Å².